The van der Waals surface area contributed by atoms with Crippen molar-refractivity contribution < 1.29 is 27.9 Å². The molecular weight excluding hydrogens is 492 g/mol. The lowest BCUT2D eigenvalue weighted by Crippen LogP contribution is -2.67. The Morgan fingerprint density at radius 3 is 2.32 bits per heavy atom. The van der Waals surface area contributed by atoms with Gasteiger partial charge in [0.1, 0.15) is 29.8 Å². The standard InChI is InChI=1S/C29H33F2N3O4/c1-17(2)13-24-27(35)32-25(20-14-18-5-3-4-6-19(18)15-20)28(36)34(24)26(22-8-7-21(30)16-23(22)31)29(37)33-9-11-38-12-10-33/h3-8,16-17,20,24-26H,9-15H2,1-2H3,(H,32,35). The number of morpholine rings is 1. The highest BCUT2D eigenvalue weighted by atomic mass is 19.1. The molecule has 0 aromatic heterocycles. The van der Waals surface area contributed by atoms with Crippen molar-refractivity contribution in [2.45, 2.75) is 51.2 Å². The van der Waals surface area contributed by atoms with Crippen molar-refractivity contribution in [3.05, 3.63) is 70.8 Å². The Hall–Kier alpha value is -3.33. The molecule has 0 spiro atoms. The highest BCUT2D eigenvalue weighted by Gasteiger charge is 2.50. The average molecular weight is 526 g/mol. The van der Waals surface area contributed by atoms with E-state index in [-0.39, 0.29) is 36.4 Å². The molecule has 1 N–H and O–H groups in total. The number of nitrogens with zero attached hydrogens (tertiary/aromatic N) is 2. The number of fused-ring (bicyclic) bond motifs is 1. The fourth-order valence-corrected chi connectivity index (χ4v) is 5.96. The summed E-state index contributed by atoms with van der Waals surface area (Å²) in [5.74, 6) is -3.15. The lowest BCUT2D eigenvalue weighted by molar-refractivity contribution is -0.161. The van der Waals surface area contributed by atoms with Crippen LogP contribution in [0.2, 0.25) is 0 Å². The van der Waals surface area contributed by atoms with Gasteiger partial charge in [-0.05, 0) is 48.3 Å². The molecule has 2 saturated heterocycles. The van der Waals surface area contributed by atoms with Gasteiger partial charge >= 0.3 is 0 Å². The summed E-state index contributed by atoms with van der Waals surface area (Å²) in [6, 6.07) is 7.70. The molecule has 0 bridgehead atoms. The molecule has 3 atom stereocenters. The summed E-state index contributed by atoms with van der Waals surface area (Å²) < 4.78 is 34.6. The van der Waals surface area contributed by atoms with Crippen LogP contribution in [-0.2, 0) is 32.0 Å². The molecule has 3 amide bonds. The molecule has 202 valence electrons. The minimum atomic E-state index is -1.40. The Balaban J connectivity index is 1.57. The van der Waals surface area contributed by atoms with Crippen molar-refractivity contribution in [3.63, 3.8) is 0 Å². The van der Waals surface area contributed by atoms with E-state index in [1.165, 1.54) is 15.9 Å². The lowest BCUT2D eigenvalue weighted by atomic mass is 9.87. The number of amides is 3. The Morgan fingerprint density at radius 1 is 1.05 bits per heavy atom. The average Bonchev–Trinajstić information content (AvgIpc) is 3.33. The summed E-state index contributed by atoms with van der Waals surface area (Å²) in [5.41, 5.74) is 2.13. The van der Waals surface area contributed by atoms with E-state index in [1.807, 2.05) is 38.1 Å². The normalized spacial score (nSPS) is 23.0. The second kappa shape index (κ2) is 10.8. The number of hydrogen-bond donors (Lipinski definition) is 1. The van der Waals surface area contributed by atoms with Crippen molar-refractivity contribution >= 4 is 17.7 Å². The van der Waals surface area contributed by atoms with E-state index < -0.39 is 41.6 Å². The number of carbonyl (C=O) groups is 3. The Labute approximate surface area is 221 Å². The molecular formula is C29H33F2N3O4. The van der Waals surface area contributed by atoms with Crippen LogP contribution >= 0.6 is 0 Å². The van der Waals surface area contributed by atoms with Crippen LogP contribution in [0.4, 0.5) is 8.78 Å². The van der Waals surface area contributed by atoms with Crippen LogP contribution in [0.1, 0.15) is 43.0 Å². The molecule has 2 aromatic rings. The third-order valence-corrected chi connectivity index (χ3v) is 7.80. The van der Waals surface area contributed by atoms with E-state index in [2.05, 4.69) is 5.32 Å². The smallest absolute Gasteiger partial charge is 0.250 e. The van der Waals surface area contributed by atoms with Gasteiger partial charge in [0, 0.05) is 24.7 Å². The van der Waals surface area contributed by atoms with Crippen molar-refractivity contribution in [2.24, 2.45) is 11.8 Å². The summed E-state index contributed by atoms with van der Waals surface area (Å²) in [4.78, 5) is 44.7. The van der Waals surface area contributed by atoms with Crippen LogP contribution < -0.4 is 5.32 Å². The summed E-state index contributed by atoms with van der Waals surface area (Å²) in [5, 5.41) is 2.95. The van der Waals surface area contributed by atoms with E-state index in [0.717, 1.165) is 17.2 Å². The molecule has 0 saturated carbocycles. The van der Waals surface area contributed by atoms with Gasteiger partial charge in [-0.3, -0.25) is 14.4 Å². The number of halogens is 2. The predicted molar refractivity (Wildman–Crippen MR) is 136 cm³/mol. The number of benzene rings is 2. The summed E-state index contributed by atoms with van der Waals surface area (Å²) in [6.07, 6.45) is 1.52. The highest BCUT2D eigenvalue weighted by molar-refractivity contribution is 6.00. The molecule has 9 heteroatoms. The number of ether oxygens (including phenoxy) is 1. The molecule has 2 fully saturated rings. The van der Waals surface area contributed by atoms with E-state index >= 15 is 4.39 Å². The third-order valence-electron chi connectivity index (χ3n) is 7.80. The number of nitrogens with one attached hydrogen (secondary N) is 1. The zero-order chi connectivity index (χ0) is 27.0. The van der Waals surface area contributed by atoms with Gasteiger partial charge in [-0.1, -0.05) is 44.2 Å². The van der Waals surface area contributed by atoms with Gasteiger partial charge in [-0.15, -0.1) is 0 Å². The molecule has 3 aliphatic rings. The third kappa shape index (κ3) is 5.04. The largest absolute Gasteiger partial charge is 0.378 e. The molecule has 0 radical (unpaired) electrons. The second-order valence-corrected chi connectivity index (χ2v) is 10.8. The van der Waals surface area contributed by atoms with Gasteiger partial charge in [-0.25, -0.2) is 8.78 Å². The van der Waals surface area contributed by atoms with E-state index in [0.29, 0.717) is 38.5 Å². The molecule has 7 nitrogen and oxygen atoms in total. The van der Waals surface area contributed by atoms with Crippen LogP contribution in [0, 0.1) is 23.5 Å². The number of hydrogen-bond acceptors (Lipinski definition) is 4. The Morgan fingerprint density at radius 2 is 1.71 bits per heavy atom. The molecule has 2 aliphatic heterocycles. The maximum Gasteiger partial charge on any atom is 0.250 e. The fraction of sp³-hybridized carbons (Fsp3) is 0.483. The maximum absolute atomic E-state index is 15.3. The first-order valence-electron chi connectivity index (χ1n) is 13.3. The van der Waals surface area contributed by atoms with Gasteiger partial charge in [0.05, 0.1) is 13.2 Å². The minimum absolute atomic E-state index is 0.0190. The lowest BCUT2D eigenvalue weighted by Gasteiger charge is -2.46. The van der Waals surface area contributed by atoms with Crippen LogP contribution in [-0.4, -0.2) is 65.9 Å². The van der Waals surface area contributed by atoms with Crippen LogP contribution in [0.15, 0.2) is 42.5 Å². The summed E-state index contributed by atoms with van der Waals surface area (Å²) in [6.45, 7) is 5.04. The molecule has 38 heavy (non-hydrogen) atoms. The van der Waals surface area contributed by atoms with Crippen molar-refractivity contribution in [2.75, 3.05) is 26.3 Å². The minimum Gasteiger partial charge on any atom is -0.378 e. The van der Waals surface area contributed by atoms with E-state index in [1.54, 1.807) is 0 Å². The molecule has 5 rings (SSSR count). The van der Waals surface area contributed by atoms with E-state index in [9.17, 15) is 18.8 Å². The van der Waals surface area contributed by atoms with Gasteiger partial charge in [0.25, 0.3) is 0 Å². The van der Waals surface area contributed by atoms with Crippen molar-refractivity contribution in [1.29, 1.82) is 0 Å². The number of piperazine rings is 1. The molecule has 3 unspecified atom stereocenters. The van der Waals surface area contributed by atoms with Crippen molar-refractivity contribution in [1.82, 2.24) is 15.1 Å². The Bertz CT molecular complexity index is 1210. The van der Waals surface area contributed by atoms with Crippen LogP contribution in [0.3, 0.4) is 0 Å². The van der Waals surface area contributed by atoms with Gasteiger partial charge < -0.3 is 19.9 Å². The summed E-state index contributed by atoms with van der Waals surface area (Å²) >= 11 is 0. The molecule has 1 aliphatic carbocycles. The van der Waals surface area contributed by atoms with Gasteiger partial charge in [0.2, 0.25) is 17.7 Å². The number of rotatable bonds is 6. The fourth-order valence-electron chi connectivity index (χ4n) is 5.96. The zero-order valence-corrected chi connectivity index (χ0v) is 21.7. The second-order valence-electron chi connectivity index (χ2n) is 10.8. The first kappa shape index (κ1) is 26.3. The Kier molecular flexibility index (Phi) is 7.47. The SMILES string of the molecule is CC(C)CC1C(=O)NC(C2Cc3ccccc3C2)C(=O)N1C(C(=O)N1CCOCC1)c1ccc(F)cc1F. The van der Waals surface area contributed by atoms with E-state index in [4.69, 9.17) is 4.74 Å². The molecule has 2 aromatic carbocycles. The van der Waals surface area contributed by atoms with Crippen LogP contribution in [0.5, 0.6) is 0 Å². The first-order chi connectivity index (χ1) is 18.2. The predicted octanol–water partition coefficient (Wildman–Crippen LogP) is 3.02. The zero-order valence-electron chi connectivity index (χ0n) is 21.7. The molecule has 2 heterocycles. The highest BCUT2D eigenvalue weighted by Crippen LogP contribution is 2.36. The number of carbonyl (C=O) groups excluding carboxylic acids is 3. The first-order valence-corrected chi connectivity index (χ1v) is 13.3. The summed E-state index contributed by atoms with van der Waals surface area (Å²) in [7, 11) is 0. The van der Waals surface area contributed by atoms with Gasteiger partial charge in [-0.2, -0.15) is 0 Å². The quantitative estimate of drug-likeness (QED) is 0.629. The monoisotopic (exact) mass is 525 g/mol. The maximum atomic E-state index is 15.3. The van der Waals surface area contributed by atoms with Crippen molar-refractivity contribution in [3.8, 4) is 0 Å². The topological polar surface area (TPSA) is 79.0 Å². The van der Waals surface area contributed by atoms with Crippen LogP contribution in [0.25, 0.3) is 0 Å². The van der Waals surface area contributed by atoms with Gasteiger partial charge in [0.15, 0.2) is 0 Å².